The molecule has 1 N–H and O–H groups in total. The van der Waals surface area contributed by atoms with Crippen molar-refractivity contribution in [3.05, 3.63) is 82.3 Å². The first-order chi connectivity index (χ1) is 12.5. The van der Waals surface area contributed by atoms with Gasteiger partial charge in [-0.1, -0.05) is 18.2 Å². The largest absolute Gasteiger partial charge is 0.478 e. The first-order valence-corrected chi connectivity index (χ1v) is 8.01. The Hall–Kier alpha value is -3.47. The van der Waals surface area contributed by atoms with Crippen LogP contribution in [0.5, 0.6) is 0 Å². The normalized spacial score (nSPS) is 11.2. The van der Waals surface area contributed by atoms with E-state index in [9.17, 15) is 14.0 Å². The molecule has 4 aromatic rings. The topological polar surface area (TPSA) is 59.3 Å². The third-order valence-electron chi connectivity index (χ3n) is 4.63. The Bertz CT molecular complexity index is 1240. The zero-order chi connectivity index (χ0) is 18.4. The second kappa shape index (κ2) is 5.81. The van der Waals surface area contributed by atoms with E-state index in [1.807, 2.05) is 23.7 Å². The molecule has 3 aromatic carbocycles. The average Bonchev–Trinajstić information content (AvgIpc) is 2.65. The fourth-order valence-electron chi connectivity index (χ4n) is 3.24. The van der Waals surface area contributed by atoms with Gasteiger partial charge in [0, 0.05) is 17.8 Å². The molecule has 0 fully saturated rings. The Balaban J connectivity index is 1.96. The molecule has 0 radical (unpaired) electrons. The fraction of sp³-hybridized carbons (Fsp3) is 0.0476. The van der Waals surface area contributed by atoms with Gasteiger partial charge in [-0.15, -0.1) is 0 Å². The number of benzene rings is 3. The summed E-state index contributed by atoms with van der Waals surface area (Å²) in [5.74, 6) is -1.42. The molecule has 26 heavy (non-hydrogen) atoms. The smallest absolute Gasteiger partial charge is 0.335 e. The number of hydrogen-bond donors (Lipinski definition) is 1. The van der Waals surface area contributed by atoms with Crippen LogP contribution in [-0.2, 0) is 7.05 Å². The standard InChI is InChI=1S/C21H14FNO3/c1-23-18-9-7-15(22)11-17(18)20(24)16-8-6-14(10-19(16)23)12-2-4-13(5-3-12)21(25)26/h2-11H,1H3,(H,25,26). The second-order valence-corrected chi connectivity index (χ2v) is 6.16. The van der Waals surface area contributed by atoms with Crippen LogP contribution in [-0.4, -0.2) is 15.6 Å². The predicted molar refractivity (Wildman–Crippen MR) is 99.0 cm³/mol. The van der Waals surface area contributed by atoms with E-state index in [0.29, 0.717) is 16.3 Å². The number of rotatable bonds is 2. The third kappa shape index (κ3) is 2.45. The van der Waals surface area contributed by atoms with Gasteiger partial charge in [0.25, 0.3) is 0 Å². The Kier molecular flexibility index (Phi) is 3.58. The number of halogens is 1. The minimum atomic E-state index is -0.976. The number of aromatic carboxylic acids is 1. The van der Waals surface area contributed by atoms with Crippen molar-refractivity contribution in [1.82, 2.24) is 4.57 Å². The number of fused-ring (bicyclic) bond motifs is 2. The van der Waals surface area contributed by atoms with E-state index in [4.69, 9.17) is 5.11 Å². The first-order valence-electron chi connectivity index (χ1n) is 8.01. The molecule has 0 bridgehead atoms. The Morgan fingerprint density at radius 2 is 1.58 bits per heavy atom. The van der Waals surface area contributed by atoms with Gasteiger partial charge in [0.15, 0.2) is 5.43 Å². The maximum Gasteiger partial charge on any atom is 0.335 e. The van der Waals surface area contributed by atoms with Gasteiger partial charge < -0.3 is 9.67 Å². The number of carbonyl (C=O) groups is 1. The summed E-state index contributed by atoms with van der Waals surface area (Å²) in [7, 11) is 1.83. The molecule has 0 saturated carbocycles. The zero-order valence-corrected chi connectivity index (χ0v) is 13.9. The van der Waals surface area contributed by atoms with Crippen LogP contribution in [0.15, 0.2) is 65.5 Å². The third-order valence-corrected chi connectivity index (χ3v) is 4.63. The van der Waals surface area contributed by atoms with Crippen LogP contribution >= 0.6 is 0 Å². The molecule has 0 amide bonds. The van der Waals surface area contributed by atoms with Crippen molar-refractivity contribution in [2.75, 3.05) is 0 Å². The van der Waals surface area contributed by atoms with Crippen molar-refractivity contribution < 1.29 is 14.3 Å². The van der Waals surface area contributed by atoms with E-state index in [0.717, 1.165) is 16.6 Å². The number of hydrogen-bond acceptors (Lipinski definition) is 2. The van der Waals surface area contributed by atoms with E-state index >= 15 is 0 Å². The minimum absolute atomic E-state index is 0.208. The van der Waals surface area contributed by atoms with Gasteiger partial charge in [0.1, 0.15) is 5.82 Å². The Morgan fingerprint density at radius 3 is 2.27 bits per heavy atom. The van der Waals surface area contributed by atoms with Crippen LogP contribution in [0.2, 0.25) is 0 Å². The molecule has 1 aromatic heterocycles. The van der Waals surface area contributed by atoms with Crippen LogP contribution in [0.3, 0.4) is 0 Å². The predicted octanol–water partition coefficient (Wildman–Crippen LogP) is 4.20. The summed E-state index contributed by atoms with van der Waals surface area (Å²) < 4.78 is 15.4. The number of aromatic nitrogens is 1. The first kappa shape index (κ1) is 16.0. The number of carboxylic acids is 1. The quantitative estimate of drug-likeness (QED) is 0.553. The molecule has 0 atom stereocenters. The lowest BCUT2D eigenvalue weighted by Crippen LogP contribution is -2.09. The summed E-state index contributed by atoms with van der Waals surface area (Å²) in [6.07, 6.45) is 0. The van der Waals surface area contributed by atoms with Gasteiger partial charge in [-0.3, -0.25) is 4.79 Å². The monoisotopic (exact) mass is 347 g/mol. The highest BCUT2D eigenvalue weighted by Crippen LogP contribution is 2.26. The van der Waals surface area contributed by atoms with E-state index in [2.05, 4.69) is 0 Å². The summed E-state index contributed by atoms with van der Waals surface area (Å²) >= 11 is 0. The Labute approximate surface area is 147 Å². The van der Waals surface area contributed by atoms with E-state index in [1.54, 1.807) is 36.4 Å². The highest BCUT2D eigenvalue weighted by molar-refractivity contribution is 5.95. The molecule has 128 valence electrons. The van der Waals surface area contributed by atoms with E-state index < -0.39 is 11.8 Å². The second-order valence-electron chi connectivity index (χ2n) is 6.16. The van der Waals surface area contributed by atoms with Gasteiger partial charge in [0.2, 0.25) is 0 Å². The lowest BCUT2D eigenvalue weighted by atomic mass is 10.0. The van der Waals surface area contributed by atoms with Gasteiger partial charge in [-0.25, -0.2) is 9.18 Å². The molecule has 4 nitrogen and oxygen atoms in total. The van der Waals surface area contributed by atoms with Gasteiger partial charge in [0.05, 0.1) is 16.6 Å². The van der Waals surface area contributed by atoms with Crippen LogP contribution < -0.4 is 5.43 Å². The summed E-state index contributed by atoms with van der Waals surface area (Å²) in [5, 5.41) is 9.87. The van der Waals surface area contributed by atoms with Crippen molar-refractivity contribution in [3.63, 3.8) is 0 Å². The van der Waals surface area contributed by atoms with Gasteiger partial charge in [-0.2, -0.15) is 0 Å². The highest BCUT2D eigenvalue weighted by Gasteiger charge is 2.11. The summed E-state index contributed by atoms with van der Waals surface area (Å²) in [4.78, 5) is 23.7. The van der Waals surface area contributed by atoms with E-state index in [1.165, 1.54) is 12.1 Å². The molecule has 0 saturated heterocycles. The Morgan fingerprint density at radius 1 is 0.885 bits per heavy atom. The summed E-state index contributed by atoms with van der Waals surface area (Å²) in [6.45, 7) is 0. The number of aryl methyl sites for hydroxylation is 1. The highest BCUT2D eigenvalue weighted by atomic mass is 19.1. The SMILES string of the molecule is Cn1c2ccc(F)cc2c(=O)c2ccc(-c3ccc(C(=O)O)cc3)cc21. The molecule has 5 heteroatoms. The molecule has 0 aliphatic carbocycles. The molecular formula is C21H14FNO3. The number of pyridine rings is 1. The summed E-state index contributed by atoms with van der Waals surface area (Å²) in [6, 6.07) is 16.2. The van der Waals surface area contributed by atoms with Crippen molar-refractivity contribution in [2.24, 2.45) is 7.05 Å². The van der Waals surface area contributed by atoms with Crippen LogP contribution in [0, 0.1) is 5.82 Å². The summed E-state index contributed by atoms with van der Waals surface area (Å²) in [5.41, 5.74) is 3.11. The average molecular weight is 347 g/mol. The van der Waals surface area contributed by atoms with Gasteiger partial charge in [-0.05, 0) is 53.6 Å². The van der Waals surface area contributed by atoms with Crippen molar-refractivity contribution in [2.45, 2.75) is 0 Å². The van der Waals surface area contributed by atoms with Crippen molar-refractivity contribution in [1.29, 1.82) is 0 Å². The van der Waals surface area contributed by atoms with Crippen LogP contribution in [0.1, 0.15) is 10.4 Å². The fourth-order valence-corrected chi connectivity index (χ4v) is 3.24. The maximum atomic E-state index is 13.5. The van der Waals surface area contributed by atoms with Crippen LogP contribution in [0.4, 0.5) is 4.39 Å². The van der Waals surface area contributed by atoms with Crippen molar-refractivity contribution in [3.8, 4) is 11.1 Å². The number of carboxylic acid groups (broad SMARTS) is 1. The molecule has 4 rings (SSSR count). The minimum Gasteiger partial charge on any atom is -0.478 e. The zero-order valence-electron chi connectivity index (χ0n) is 13.9. The molecule has 0 aliphatic rings. The molecule has 0 unspecified atom stereocenters. The van der Waals surface area contributed by atoms with Crippen molar-refractivity contribution >= 4 is 27.8 Å². The molecule has 0 spiro atoms. The molecule has 0 aliphatic heterocycles. The maximum absolute atomic E-state index is 13.5. The molecule has 1 heterocycles. The van der Waals surface area contributed by atoms with Gasteiger partial charge >= 0.3 is 5.97 Å². The molecular weight excluding hydrogens is 333 g/mol. The lowest BCUT2D eigenvalue weighted by Gasteiger charge is -2.12. The lowest BCUT2D eigenvalue weighted by molar-refractivity contribution is 0.0697. The van der Waals surface area contributed by atoms with Crippen LogP contribution in [0.25, 0.3) is 32.9 Å². The van der Waals surface area contributed by atoms with E-state index in [-0.39, 0.29) is 11.0 Å². The number of nitrogens with zero attached hydrogens (tertiary/aromatic N) is 1.